The number of aliphatic carboxylic acids is 1. The number of ether oxygens (including phenoxy) is 1. The zero-order valence-corrected chi connectivity index (χ0v) is 11.0. The van der Waals surface area contributed by atoms with Gasteiger partial charge in [-0.15, -0.1) is 0 Å². The standard InChI is InChI=1S/C13H21NO4/c1-8-5-14(6-11(8)13(16)17)12(15)10-3-4-18-7-9(10)2/h8-11H,3-7H2,1-2H3,(H,16,17)/t8-,9?,10?,11-/m1/s1. The Labute approximate surface area is 107 Å². The van der Waals surface area contributed by atoms with Crippen molar-refractivity contribution in [2.75, 3.05) is 26.3 Å². The zero-order chi connectivity index (χ0) is 13.3. The van der Waals surface area contributed by atoms with E-state index in [1.165, 1.54) is 0 Å². The normalized spacial score (nSPS) is 36.7. The van der Waals surface area contributed by atoms with Crippen molar-refractivity contribution >= 4 is 11.9 Å². The number of carboxylic acids is 1. The summed E-state index contributed by atoms with van der Waals surface area (Å²) in [7, 11) is 0. The van der Waals surface area contributed by atoms with Gasteiger partial charge in [-0.05, 0) is 18.3 Å². The fraction of sp³-hybridized carbons (Fsp3) is 0.846. The molecular formula is C13H21NO4. The minimum Gasteiger partial charge on any atom is -0.481 e. The summed E-state index contributed by atoms with van der Waals surface area (Å²) in [6, 6.07) is 0. The largest absolute Gasteiger partial charge is 0.481 e. The first kappa shape index (κ1) is 13.3. The van der Waals surface area contributed by atoms with E-state index in [1.54, 1.807) is 4.90 Å². The molecule has 2 unspecified atom stereocenters. The monoisotopic (exact) mass is 255 g/mol. The molecule has 0 radical (unpaired) electrons. The fourth-order valence-electron chi connectivity index (χ4n) is 2.95. The van der Waals surface area contributed by atoms with Gasteiger partial charge in [0.2, 0.25) is 5.91 Å². The van der Waals surface area contributed by atoms with Gasteiger partial charge in [0.15, 0.2) is 0 Å². The molecule has 0 aromatic heterocycles. The molecule has 2 rings (SSSR count). The van der Waals surface area contributed by atoms with E-state index in [9.17, 15) is 9.59 Å². The van der Waals surface area contributed by atoms with Crippen LogP contribution in [0.1, 0.15) is 20.3 Å². The Morgan fingerprint density at radius 3 is 2.44 bits per heavy atom. The van der Waals surface area contributed by atoms with Crippen molar-refractivity contribution in [3.8, 4) is 0 Å². The van der Waals surface area contributed by atoms with Crippen LogP contribution in [0.3, 0.4) is 0 Å². The molecule has 2 aliphatic rings. The number of carbonyl (C=O) groups is 2. The lowest BCUT2D eigenvalue weighted by atomic mass is 9.89. The molecule has 2 saturated heterocycles. The SMILES string of the molecule is CC1COCCC1C(=O)N1C[C@@H](C)[C@H](C(=O)O)C1. The van der Waals surface area contributed by atoms with Crippen molar-refractivity contribution in [3.63, 3.8) is 0 Å². The second kappa shape index (κ2) is 5.26. The Morgan fingerprint density at radius 2 is 1.89 bits per heavy atom. The minimum absolute atomic E-state index is 0.00139. The summed E-state index contributed by atoms with van der Waals surface area (Å²) in [4.78, 5) is 25.2. The van der Waals surface area contributed by atoms with Crippen LogP contribution in [-0.2, 0) is 14.3 Å². The Bertz CT molecular complexity index is 344. The van der Waals surface area contributed by atoms with Gasteiger partial charge in [0.25, 0.3) is 0 Å². The maximum Gasteiger partial charge on any atom is 0.308 e. The molecule has 0 aromatic rings. The van der Waals surface area contributed by atoms with Gasteiger partial charge >= 0.3 is 5.97 Å². The maximum absolute atomic E-state index is 12.4. The van der Waals surface area contributed by atoms with Crippen LogP contribution in [0.5, 0.6) is 0 Å². The van der Waals surface area contributed by atoms with Gasteiger partial charge in [-0.2, -0.15) is 0 Å². The fourth-order valence-corrected chi connectivity index (χ4v) is 2.95. The molecule has 4 atom stereocenters. The Hall–Kier alpha value is -1.10. The van der Waals surface area contributed by atoms with Crippen LogP contribution in [0.25, 0.3) is 0 Å². The lowest BCUT2D eigenvalue weighted by Crippen LogP contribution is -2.41. The minimum atomic E-state index is -0.794. The number of rotatable bonds is 2. The lowest BCUT2D eigenvalue weighted by molar-refractivity contribution is -0.143. The first-order valence-electron chi connectivity index (χ1n) is 6.60. The summed E-state index contributed by atoms with van der Waals surface area (Å²) in [5, 5.41) is 9.09. The molecule has 2 aliphatic heterocycles. The van der Waals surface area contributed by atoms with E-state index in [-0.39, 0.29) is 23.7 Å². The highest BCUT2D eigenvalue weighted by Crippen LogP contribution is 2.29. The predicted octanol–water partition coefficient (Wildman–Crippen LogP) is 0.838. The van der Waals surface area contributed by atoms with E-state index in [1.807, 2.05) is 13.8 Å². The Balaban J connectivity index is 2.00. The molecule has 102 valence electrons. The van der Waals surface area contributed by atoms with E-state index in [0.29, 0.717) is 26.3 Å². The summed E-state index contributed by atoms with van der Waals surface area (Å²) >= 11 is 0. The third kappa shape index (κ3) is 2.51. The van der Waals surface area contributed by atoms with Crippen LogP contribution in [-0.4, -0.2) is 48.2 Å². The highest BCUT2D eigenvalue weighted by molar-refractivity contribution is 5.81. The van der Waals surface area contributed by atoms with Crippen molar-refractivity contribution in [3.05, 3.63) is 0 Å². The molecule has 0 bridgehead atoms. The molecule has 2 heterocycles. The highest BCUT2D eigenvalue weighted by Gasteiger charge is 2.40. The molecule has 0 aliphatic carbocycles. The zero-order valence-electron chi connectivity index (χ0n) is 11.0. The summed E-state index contributed by atoms with van der Waals surface area (Å²) in [5.41, 5.74) is 0. The smallest absolute Gasteiger partial charge is 0.308 e. The van der Waals surface area contributed by atoms with Crippen LogP contribution < -0.4 is 0 Å². The van der Waals surface area contributed by atoms with Crippen LogP contribution in [0.2, 0.25) is 0 Å². The van der Waals surface area contributed by atoms with Crippen LogP contribution in [0, 0.1) is 23.7 Å². The quantitative estimate of drug-likeness (QED) is 0.794. The summed E-state index contributed by atoms with van der Waals surface area (Å²) in [6.07, 6.45) is 0.753. The van der Waals surface area contributed by atoms with E-state index in [0.717, 1.165) is 6.42 Å². The van der Waals surface area contributed by atoms with E-state index < -0.39 is 11.9 Å². The topological polar surface area (TPSA) is 66.8 Å². The van der Waals surface area contributed by atoms with Crippen LogP contribution >= 0.6 is 0 Å². The molecular weight excluding hydrogens is 234 g/mol. The van der Waals surface area contributed by atoms with E-state index in [2.05, 4.69) is 0 Å². The van der Waals surface area contributed by atoms with E-state index in [4.69, 9.17) is 9.84 Å². The van der Waals surface area contributed by atoms with Crippen molar-refractivity contribution in [1.29, 1.82) is 0 Å². The molecule has 5 heteroatoms. The average Bonchev–Trinajstić information content (AvgIpc) is 2.71. The van der Waals surface area contributed by atoms with Crippen molar-refractivity contribution in [2.24, 2.45) is 23.7 Å². The van der Waals surface area contributed by atoms with Crippen LogP contribution in [0.4, 0.5) is 0 Å². The molecule has 1 amide bonds. The average molecular weight is 255 g/mol. The van der Waals surface area contributed by atoms with Gasteiger partial charge in [0, 0.05) is 32.2 Å². The molecule has 1 N–H and O–H groups in total. The number of carbonyl (C=O) groups excluding carboxylic acids is 1. The van der Waals surface area contributed by atoms with Crippen molar-refractivity contribution in [1.82, 2.24) is 4.90 Å². The number of nitrogens with zero attached hydrogens (tertiary/aromatic N) is 1. The summed E-state index contributed by atoms with van der Waals surface area (Å²) in [5.74, 6) is -0.825. The van der Waals surface area contributed by atoms with Gasteiger partial charge in [0.1, 0.15) is 0 Å². The Morgan fingerprint density at radius 1 is 1.17 bits per heavy atom. The third-order valence-electron chi connectivity index (χ3n) is 4.20. The molecule has 2 fully saturated rings. The predicted molar refractivity (Wildman–Crippen MR) is 65.0 cm³/mol. The first-order valence-corrected chi connectivity index (χ1v) is 6.60. The lowest BCUT2D eigenvalue weighted by Gasteiger charge is -2.31. The van der Waals surface area contributed by atoms with Gasteiger partial charge in [-0.3, -0.25) is 9.59 Å². The van der Waals surface area contributed by atoms with Crippen molar-refractivity contribution in [2.45, 2.75) is 20.3 Å². The number of hydrogen-bond acceptors (Lipinski definition) is 3. The Kier molecular flexibility index (Phi) is 3.90. The second-order valence-electron chi connectivity index (χ2n) is 5.61. The second-order valence-corrected chi connectivity index (χ2v) is 5.61. The molecule has 18 heavy (non-hydrogen) atoms. The molecule has 0 spiro atoms. The number of hydrogen-bond donors (Lipinski definition) is 1. The maximum atomic E-state index is 12.4. The van der Waals surface area contributed by atoms with Crippen molar-refractivity contribution < 1.29 is 19.4 Å². The van der Waals surface area contributed by atoms with E-state index >= 15 is 0 Å². The first-order chi connectivity index (χ1) is 8.50. The molecule has 5 nitrogen and oxygen atoms in total. The number of likely N-dealkylation sites (tertiary alicyclic amines) is 1. The molecule has 0 saturated carbocycles. The van der Waals surface area contributed by atoms with Crippen LogP contribution in [0.15, 0.2) is 0 Å². The number of amides is 1. The van der Waals surface area contributed by atoms with Gasteiger partial charge in [-0.25, -0.2) is 0 Å². The molecule has 0 aromatic carbocycles. The highest BCUT2D eigenvalue weighted by atomic mass is 16.5. The van der Waals surface area contributed by atoms with Gasteiger partial charge in [-0.1, -0.05) is 13.8 Å². The summed E-state index contributed by atoms with van der Waals surface area (Å²) in [6.45, 7) is 6.11. The van der Waals surface area contributed by atoms with Gasteiger partial charge < -0.3 is 14.7 Å². The van der Waals surface area contributed by atoms with Gasteiger partial charge in [0.05, 0.1) is 5.92 Å². The third-order valence-corrected chi connectivity index (χ3v) is 4.20. The summed E-state index contributed by atoms with van der Waals surface area (Å²) < 4.78 is 5.34. The number of carboxylic acid groups (broad SMARTS) is 1.